The topological polar surface area (TPSA) is 142 Å². The van der Waals surface area contributed by atoms with Gasteiger partial charge in [-0.1, -0.05) is 69.6 Å². The van der Waals surface area contributed by atoms with Crippen molar-refractivity contribution in [3.8, 4) is 0 Å². The molecule has 1 aliphatic carbocycles. The van der Waals surface area contributed by atoms with Crippen LogP contribution in [0.1, 0.15) is 82.4 Å². The largest absolute Gasteiger partial charge is 0.413 e. The summed E-state index contributed by atoms with van der Waals surface area (Å²) in [6, 6.07) is 9.58. The van der Waals surface area contributed by atoms with Crippen LogP contribution in [-0.2, 0) is 21.0 Å². The minimum Gasteiger partial charge on any atom is -0.413 e. The molecule has 1 aliphatic rings. The van der Waals surface area contributed by atoms with E-state index in [4.69, 9.17) is 9.56 Å². The first-order valence-electron chi connectivity index (χ1n) is 15.3. The van der Waals surface area contributed by atoms with Crippen LogP contribution < -0.4 is 10.5 Å². The van der Waals surface area contributed by atoms with Crippen LogP contribution in [0.15, 0.2) is 53.5 Å². The average molecular weight is 706 g/mol. The van der Waals surface area contributed by atoms with Gasteiger partial charge in [-0.05, 0) is 65.6 Å². The molecule has 3 atom stereocenters. The van der Waals surface area contributed by atoms with Gasteiger partial charge in [0.05, 0.1) is 17.9 Å². The number of anilines is 1. The summed E-state index contributed by atoms with van der Waals surface area (Å²) in [7, 11) is -5.85. The summed E-state index contributed by atoms with van der Waals surface area (Å²) >= 11 is 3.49. The molecule has 3 aromatic rings. The molecule has 0 amide bonds. The lowest BCUT2D eigenvalue weighted by Crippen LogP contribution is -2.51. The van der Waals surface area contributed by atoms with Crippen LogP contribution in [-0.4, -0.2) is 60.2 Å². The van der Waals surface area contributed by atoms with E-state index in [1.165, 1.54) is 12.5 Å². The van der Waals surface area contributed by atoms with E-state index < -0.39 is 18.3 Å². The summed E-state index contributed by atoms with van der Waals surface area (Å²) in [5.74, 6) is 0.0681. The van der Waals surface area contributed by atoms with Crippen LogP contribution in [0.2, 0.25) is 16.6 Å². The van der Waals surface area contributed by atoms with E-state index in [1.807, 2.05) is 24.3 Å². The third-order valence-electron chi connectivity index (χ3n) is 8.87. The maximum absolute atomic E-state index is 13.6. The molecule has 2 aromatic heterocycles. The molecule has 13 heteroatoms. The van der Waals surface area contributed by atoms with Crippen molar-refractivity contribution in [2.75, 3.05) is 11.1 Å². The normalized spacial score (nSPS) is 19.3. The molecule has 1 saturated carbocycles. The van der Waals surface area contributed by atoms with E-state index in [1.54, 1.807) is 16.9 Å². The Balaban J connectivity index is 1.54. The summed E-state index contributed by atoms with van der Waals surface area (Å²) in [6.45, 7) is 14.0. The molecular weight excluding hydrogens is 660 g/mol. The summed E-state index contributed by atoms with van der Waals surface area (Å²) < 4.78 is 33.7. The third-order valence-corrected chi connectivity index (χ3v) is 16.3. The first-order valence-corrected chi connectivity index (χ1v) is 19.9. The number of rotatable bonds is 14. The molecule has 10 nitrogen and oxygen atoms in total. The number of benzene rings is 1. The molecule has 2 heterocycles. The second kappa shape index (κ2) is 14.3. The predicted octanol–water partition coefficient (Wildman–Crippen LogP) is 6.14. The van der Waals surface area contributed by atoms with Crippen LogP contribution in [0.25, 0.3) is 0 Å². The van der Waals surface area contributed by atoms with Gasteiger partial charge in [-0.25, -0.2) is 23.5 Å². The lowest BCUT2D eigenvalue weighted by atomic mass is 10.0. The lowest BCUT2D eigenvalue weighted by Gasteiger charge is -2.45. The van der Waals surface area contributed by atoms with Crippen LogP contribution in [0.5, 0.6) is 0 Å². The number of carbonyl (C=O) groups is 1. The molecule has 0 aliphatic heterocycles. The van der Waals surface area contributed by atoms with Crippen molar-refractivity contribution in [3.63, 3.8) is 0 Å². The Morgan fingerprint density at radius 3 is 2.48 bits per heavy atom. The van der Waals surface area contributed by atoms with Crippen molar-refractivity contribution in [1.82, 2.24) is 19.7 Å². The van der Waals surface area contributed by atoms with E-state index in [-0.39, 0.29) is 29.6 Å². The fourth-order valence-electron chi connectivity index (χ4n) is 6.97. The smallest absolute Gasteiger partial charge is 0.218 e. The monoisotopic (exact) mass is 704 g/mol. The van der Waals surface area contributed by atoms with Crippen molar-refractivity contribution in [1.29, 1.82) is 0 Å². The second-order valence-electron chi connectivity index (χ2n) is 12.8. The predicted molar refractivity (Wildman–Crippen MR) is 180 cm³/mol. The van der Waals surface area contributed by atoms with E-state index in [0.717, 1.165) is 10.0 Å². The fourth-order valence-corrected chi connectivity index (χ4v) is 13.7. The Morgan fingerprint density at radius 1 is 1.14 bits per heavy atom. The zero-order chi connectivity index (χ0) is 32.2. The Morgan fingerprint density at radius 2 is 1.84 bits per heavy atom. The summed E-state index contributed by atoms with van der Waals surface area (Å²) in [5, 5.41) is 13.4. The van der Waals surface area contributed by atoms with Crippen molar-refractivity contribution >= 4 is 45.9 Å². The maximum Gasteiger partial charge on any atom is 0.218 e. The molecule has 0 unspecified atom stereocenters. The Bertz CT molecular complexity index is 1530. The van der Waals surface area contributed by atoms with Gasteiger partial charge in [0.2, 0.25) is 24.1 Å². The molecular formula is C31H45BrN6O4SSi. The molecule has 1 aromatic carbocycles. The highest BCUT2D eigenvalue weighted by molar-refractivity contribution is 9.10. The molecule has 240 valence electrons. The SMILES string of the molecule is CC(C)[Si](O[C@H]1C[C@H](Nc2ncncc2C(=O)c2ccn(Cc3cccc(Br)c3)n2)C[C@@H]1CCS(N)(=O)=O)(C(C)C)C(C)C. The van der Waals surface area contributed by atoms with Crippen LogP contribution in [0.4, 0.5) is 5.82 Å². The first kappa shape index (κ1) is 34.4. The van der Waals surface area contributed by atoms with Gasteiger partial charge in [-0.3, -0.25) is 9.48 Å². The quantitative estimate of drug-likeness (QED) is 0.150. The van der Waals surface area contributed by atoms with Gasteiger partial charge >= 0.3 is 0 Å². The van der Waals surface area contributed by atoms with Gasteiger partial charge in [0.25, 0.3) is 0 Å². The fraction of sp³-hybridized carbons (Fsp3) is 0.548. The number of hydrogen-bond acceptors (Lipinski definition) is 8. The third kappa shape index (κ3) is 8.22. The number of carbonyl (C=O) groups excluding carboxylic acids is 1. The summed E-state index contributed by atoms with van der Waals surface area (Å²) in [6.07, 6.45) is 6.37. The summed E-state index contributed by atoms with van der Waals surface area (Å²) in [4.78, 5) is 22.2. The van der Waals surface area contributed by atoms with Crippen LogP contribution in [0.3, 0.4) is 0 Å². The van der Waals surface area contributed by atoms with Gasteiger partial charge in [0.1, 0.15) is 17.8 Å². The van der Waals surface area contributed by atoms with Gasteiger partial charge < -0.3 is 9.74 Å². The van der Waals surface area contributed by atoms with Gasteiger partial charge in [0.15, 0.2) is 0 Å². The minimum atomic E-state index is -3.61. The number of halogens is 1. The summed E-state index contributed by atoms with van der Waals surface area (Å²) in [5.41, 5.74) is 2.87. The Labute approximate surface area is 270 Å². The van der Waals surface area contributed by atoms with E-state index in [9.17, 15) is 13.2 Å². The van der Waals surface area contributed by atoms with Crippen molar-refractivity contribution in [3.05, 3.63) is 70.3 Å². The molecule has 0 spiro atoms. The maximum atomic E-state index is 13.6. The minimum absolute atomic E-state index is 0.00339. The van der Waals surface area contributed by atoms with E-state index in [2.05, 4.69) is 77.9 Å². The van der Waals surface area contributed by atoms with Gasteiger partial charge in [-0.15, -0.1) is 0 Å². The van der Waals surface area contributed by atoms with E-state index >= 15 is 0 Å². The molecule has 3 N–H and O–H groups in total. The molecule has 0 bridgehead atoms. The number of ketones is 1. The highest BCUT2D eigenvalue weighted by Gasteiger charge is 2.49. The zero-order valence-electron chi connectivity index (χ0n) is 26.4. The first-order chi connectivity index (χ1) is 20.7. The Hall–Kier alpha value is -2.45. The zero-order valence-corrected chi connectivity index (χ0v) is 29.8. The molecule has 0 radical (unpaired) electrons. The molecule has 44 heavy (non-hydrogen) atoms. The van der Waals surface area contributed by atoms with Gasteiger partial charge in [-0.2, -0.15) is 5.10 Å². The highest BCUT2D eigenvalue weighted by atomic mass is 79.9. The number of hydrogen-bond donors (Lipinski definition) is 2. The molecule has 4 rings (SSSR count). The van der Waals surface area contributed by atoms with Crippen LogP contribution >= 0.6 is 15.9 Å². The standard InChI is InChI=1S/C31H45BrN6O4SSi/c1-20(2)44(21(3)4,22(5)6)42-29-16-26(15-24(29)11-13-43(33,40)41)36-31-27(17-34-19-35-31)30(39)28-10-12-38(37-28)18-23-8-7-9-25(32)14-23/h7-10,12,14,17,19-22,24,26,29H,11,13,15-16,18H2,1-6H3,(H2,33,40,41)(H,34,35,36)/t24-,26+,29-/m0/s1. The molecule has 0 saturated heterocycles. The molecule has 1 fully saturated rings. The number of aromatic nitrogens is 4. The van der Waals surface area contributed by atoms with Gasteiger partial charge in [0, 0.05) is 29.0 Å². The average Bonchev–Trinajstić information content (AvgIpc) is 3.56. The van der Waals surface area contributed by atoms with Crippen LogP contribution in [0, 0.1) is 5.92 Å². The Kier molecular flexibility index (Phi) is 11.2. The highest BCUT2D eigenvalue weighted by Crippen LogP contribution is 2.46. The second-order valence-corrected chi connectivity index (χ2v) is 20.9. The number of nitrogens with zero attached hydrogens (tertiary/aromatic N) is 4. The number of sulfonamides is 1. The van der Waals surface area contributed by atoms with Crippen molar-refractivity contribution < 1.29 is 17.6 Å². The van der Waals surface area contributed by atoms with Crippen molar-refractivity contribution in [2.45, 2.75) is 96.1 Å². The number of primary sulfonamides is 1. The number of nitrogens with one attached hydrogen (secondary N) is 1. The lowest BCUT2D eigenvalue weighted by molar-refractivity contribution is 0.103. The number of nitrogens with two attached hydrogens (primary N) is 1. The van der Waals surface area contributed by atoms with E-state index in [0.29, 0.717) is 59.5 Å². The van der Waals surface area contributed by atoms with Crippen molar-refractivity contribution in [2.24, 2.45) is 11.1 Å².